The smallest absolute Gasteiger partial charge is 0.255 e. The SMILES string of the molecule is CN(C)c1cc(NC(N)=NCc2ccccc2)c(O)c2c1C[C@@H]1C[C@@H]3C(N(C)C)C(=O)C(C(N)=O)=C(O)[C@]3(O)C(=O)C1=C2O. The molecule has 3 aliphatic carbocycles. The van der Waals surface area contributed by atoms with Gasteiger partial charge in [-0.15, -0.1) is 0 Å². The number of aromatic hydroxyl groups is 1. The molecule has 13 nitrogen and oxygen atoms in total. The van der Waals surface area contributed by atoms with Crippen molar-refractivity contribution in [3.63, 3.8) is 0 Å². The number of aliphatic hydroxyl groups excluding tert-OH is 2. The van der Waals surface area contributed by atoms with Gasteiger partial charge in [-0.1, -0.05) is 30.3 Å². The lowest BCUT2D eigenvalue weighted by Gasteiger charge is -2.50. The van der Waals surface area contributed by atoms with Crippen LogP contribution in [0.25, 0.3) is 5.76 Å². The number of nitrogens with one attached hydrogen (secondary N) is 1. The molecule has 1 unspecified atom stereocenters. The van der Waals surface area contributed by atoms with Gasteiger partial charge in [0.05, 0.1) is 23.8 Å². The maximum atomic E-state index is 14.1. The number of Topliss-reactive ketones (excluding diaryl/α,β-unsaturated/α-hetero) is 2. The number of fused-ring (bicyclic) bond motifs is 3. The van der Waals surface area contributed by atoms with E-state index in [2.05, 4.69) is 10.3 Å². The number of ketones is 2. The second-order valence-corrected chi connectivity index (χ2v) is 11.8. The Labute approximate surface area is 253 Å². The number of primary amides is 1. The lowest BCUT2D eigenvalue weighted by atomic mass is 9.57. The molecule has 44 heavy (non-hydrogen) atoms. The third kappa shape index (κ3) is 4.64. The van der Waals surface area contributed by atoms with Gasteiger partial charge in [-0.2, -0.15) is 0 Å². The molecule has 0 heterocycles. The Hall–Kier alpha value is -4.88. The summed E-state index contributed by atoms with van der Waals surface area (Å²) in [6, 6.07) is 9.90. The van der Waals surface area contributed by atoms with E-state index in [9.17, 15) is 34.8 Å². The van der Waals surface area contributed by atoms with Gasteiger partial charge in [-0.25, -0.2) is 4.99 Å². The number of guanidine groups is 1. The lowest BCUT2D eigenvalue weighted by molar-refractivity contribution is -0.153. The molecule has 5 rings (SSSR count). The summed E-state index contributed by atoms with van der Waals surface area (Å²) in [4.78, 5) is 47.1. The van der Waals surface area contributed by atoms with Gasteiger partial charge in [-0.3, -0.25) is 19.3 Å². The van der Waals surface area contributed by atoms with Crippen LogP contribution < -0.4 is 21.7 Å². The van der Waals surface area contributed by atoms with Gasteiger partial charge < -0.3 is 42.1 Å². The average Bonchev–Trinajstić information content (AvgIpc) is 2.95. The first-order valence-corrected chi connectivity index (χ1v) is 14.0. The van der Waals surface area contributed by atoms with Crippen LogP contribution in [-0.2, 0) is 27.3 Å². The van der Waals surface area contributed by atoms with E-state index in [1.165, 1.54) is 4.90 Å². The maximum Gasteiger partial charge on any atom is 0.255 e. The number of aliphatic imine (C=N–C) groups is 1. The van der Waals surface area contributed by atoms with Crippen molar-refractivity contribution in [2.75, 3.05) is 38.4 Å². The third-order valence-electron chi connectivity index (χ3n) is 8.72. The van der Waals surface area contributed by atoms with Gasteiger partial charge in [-0.05, 0) is 50.0 Å². The maximum absolute atomic E-state index is 14.1. The Morgan fingerprint density at radius 2 is 1.75 bits per heavy atom. The van der Waals surface area contributed by atoms with Gasteiger partial charge in [0.15, 0.2) is 17.3 Å². The van der Waals surface area contributed by atoms with Crippen LogP contribution >= 0.6 is 0 Å². The molecule has 2 aromatic rings. The highest BCUT2D eigenvalue weighted by atomic mass is 16.3. The highest BCUT2D eigenvalue weighted by molar-refractivity contribution is 6.24. The van der Waals surface area contributed by atoms with E-state index < -0.39 is 63.8 Å². The fourth-order valence-electron chi connectivity index (χ4n) is 6.72. The minimum Gasteiger partial charge on any atom is -0.508 e. The first-order chi connectivity index (χ1) is 20.7. The third-order valence-corrected chi connectivity index (χ3v) is 8.72. The fraction of sp³-hybridized carbons (Fsp3) is 0.355. The summed E-state index contributed by atoms with van der Waals surface area (Å²) in [5, 5.41) is 48.8. The molecule has 2 aromatic carbocycles. The number of hydrogen-bond acceptors (Lipinski definition) is 10. The molecule has 0 aliphatic heterocycles. The Morgan fingerprint density at radius 3 is 2.34 bits per heavy atom. The van der Waals surface area contributed by atoms with Gasteiger partial charge in [0.1, 0.15) is 22.8 Å². The van der Waals surface area contributed by atoms with Crippen LogP contribution in [0.5, 0.6) is 5.75 Å². The summed E-state index contributed by atoms with van der Waals surface area (Å²) < 4.78 is 0. The zero-order chi connectivity index (χ0) is 32.2. The number of nitrogens with zero attached hydrogens (tertiary/aromatic N) is 3. The number of amides is 1. The predicted molar refractivity (Wildman–Crippen MR) is 164 cm³/mol. The molecule has 1 saturated carbocycles. The lowest BCUT2D eigenvalue weighted by Crippen LogP contribution is -2.65. The van der Waals surface area contributed by atoms with E-state index >= 15 is 0 Å². The Morgan fingerprint density at radius 1 is 1.09 bits per heavy atom. The summed E-state index contributed by atoms with van der Waals surface area (Å²) in [6.07, 6.45) is 0.159. The monoisotopic (exact) mass is 604 g/mol. The number of phenolic OH excluding ortho intramolecular Hbond substituents is 1. The minimum atomic E-state index is -2.71. The van der Waals surface area contributed by atoms with Crippen LogP contribution in [0, 0.1) is 11.8 Å². The van der Waals surface area contributed by atoms with Crippen LogP contribution in [0.1, 0.15) is 23.1 Å². The predicted octanol–water partition coefficient (Wildman–Crippen LogP) is 0.957. The Bertz CT molecular complexity index is 1660. The van der Waals surface area contributed by atoms with Gasteiger partial charge in [0, 0.05) is 31.3 Å². The van der Waals surface area contributed by atoms with Crippen LogP contribution in [0.2, 0.25) is 0 Å². The number of hydrogen-bond donors (Lipinski definition) is 7. The van der Waals surface area contributed by atoms with Crippen molar-refractivity contribution in [1.29, 1.82) is 0 Å². The number of likely N-dealkylation sites (N-methyl/N-ethyl adjacent to an activating group) is 1. The molecule has 232 valence electrons. The number of phenols is 1. The summed E-state index contributed by atoms with van der Waals surface area (Å²) >= 11 is 0. The molecule has 9 N–H and O–H groups in total. The van der Waals surface area contributed by atoms with E-state index in [0.29, 0.717) is 11.3 Å². The van der Waals surface area contributed by atoms with E-state index in [0.717, 1.165) is 5.56 Å². The molecule has 3 aliphatic rings. The normalized spacial score (nSPS) is 25.0. The molecule has 0 radical (unpaired) electrons. The molecular weight excluding hydrogens is 568 g/mol. The van der Waals surface area contributed by atoms with Crippen molar-refractivity contribution in [1.82, 2.24) is 4.90 Å². The first kappa shape index (κ1) is 30.6. The van der Waals surface area contributed by atoms with Gasteiger partial charge in [0.2, 0.25) is 5.78 Å². The van der Waals surface area contributed by atoms with Crippen molar-refractivity contribution < 1.29 is 34.8 Å². The summed E-state index contributed by atoms with van der Waals surface area (Å²) in [6.45, 7) is 0.276. The minimum absolute atomic E-state index is 0.00150. The second-order valence-electron chi connectivity index (χ2n) is 11.8. The van der Waals surface area contributed by atoms with Crippen LogP contribution in [0.4, 0.5) is 11.4 Å². The number of carbonyl (C=O) groups is 3. The van der Waals surface area contributed by atoms with Gasteiger partial charge >= 0.3 is 0 Å². The van der Waals surface area contributed by atoms with E-state index in [1.54, 1.807) is 39.2 Å². The Kier molecular flexibility index (Phi) is 7.64. The first-order valence-electron chi connectivity index (χ1n) is 14.0. The molecular formula is C31H36N6O7. The summed E-state index contributed by atoms with van der Waals surface area (Å²) in [7, 11) is 6.67. The standard InChI is InChI=1S/C31H36N6O7/c1-36(2)19-12-18(35-30(33)34-13-14-8-6-5-7-9-14)24(38)21-16(19)10-15-11-17-23(37(3)4)26(40)22(29(32)43)28(42)31(17,44)27(41)20(15)25(21)39/h5-9,12,15,17,23,38-39,42,44H,10-11,13H2,1-4H3,(H2,32,43)(H3,33,34,35)/t15-,17-,23?,31-/m1/s1. The molecule has 0 saturated heterocycles. The molecule has 0 bridgehead atoms. The fourth-order valence-corrected chi connectivity index (χ4v) is 6.72. The zero-order valence-electron chi connectivity index (χ0n) is 24.8. The van der Waals surface area contributed by atoms with E-state index in [-0.39, 0.29) is 42.2 Å². The van der Waals surface area contributed by atoms with Gasteiger partial charge in [0.25, 0.3) is 5.91 Å². The number of anilines is 2. The Balaban J connectivity index is 1.63. The van der Waals surface area contributed by atoms with E-state index in [4.69, 9.17) is 11.5 Å². The average molecular weight is 605 g/mol. The molecule has 13 heteroatoms. The van der Waals surface area contributed by atoms with Crippen LogP contribution in [0.15, 0.2) is 58.3 Å². The molecule has 1 amide bonds. The largest absolute Gasteiger partial charge is 0.508 e. The molecule has 0 spiro atoms. The van der Waals surface area contributed by atoms with Crippen LogP contribution in [-0.4, -0.2) is 88.6 Å². The summed E-state index contributed by atoms with van der Waals surface area (Å²) in [5.41, 5.74) is 9.83. The summed E-state index contributed by atoms with van der Waals surface area (Å²) in [5.74, 6) is -7.15. The molecule has 0 aromatic heterocycles. The van der Waals surface area contributed by atoms with Crippen LogP contribution in [0.3, 0.4) is 0 Å². The quantitative estimate of drug-likeness (QED) is 0.107. The van der Waals surface area contributed by atoms with E-state index in [1.807, 2.05) is 30.3 Å². The zero-order valence-corrected chi connectivity index (χ0v) is 24.8. The molecule has 1 fully saturated rings. The van der Waals surface area contributed by atoms with Crippen molar-refractivity contribution in [2.24, 2.45) is 28.3 Å². The highest BCUT2D eigenvalue weighted by Gasteiger charge is 2.64. The molecule has 4 atom stereocenters. The second kappa shape index (κ2) is 11.0. The van der Waals surface area contributed by atoms with Crippen molar-refractivity contribution in [3.05, 3.63) is 70.0 Å². The number of rotatable bonds is 6. The number of aliphatic hydroxyl groups is 3. The number of nitrogens with two attached hydrogens (primary N) is 2. The number of carbonyl (C=O) groups excluding carboxylic acids is 3. The number of benzene rings is 2. The van der Waals surface area contributed by atoms with Crippen molar-refractivity contribution >= 4 is 40.6 Å². The van der Waals surface area contributed by atoms with Crippen molar-refractivity contribution in [3.8, 4) is 5.75 Å². The van der Waals surface area contributed by atoms with Crippen molar-refractivity contribution in [2.45, 2.75) is 31.0 Å². The highest BCUT2D eigenvalue weighted by Crippen LogP contribution is 2.54. The topological polar surface area (TPSA) is 215 Å².